The molecule has 1 fully saturated rings. The summed E-state index contributed by atoms with van der Waals surface area (Å²) in [5.41, 5.74) is 1.25. The summed E-state index contributed by atoms with van der Waals surface area (Å²) in [6, 6.07) is 5.47. The predicted molar refractivity (Wildman–Crippen MR) is 72.4 cm³/mol. The molecule has 0 amide bonds. The summed E-state index contributed by atoms with van der Waals surface area (Å²) in [5.74, 6) is 1.14. The highest BCUT2D eigenvalue weighted by molar-refractivity contribution is 5.42. The molecule has 17 heavy (non-hydrogen) atoms. The van der Waals surface area contributed by atoms with Crippen LogP contribution in [0.25, 0.3) is 0 Å². The van der Waals surface area contributed by atoms with Gasteiger partial charge in [-0.15, -0.1) is 0 Å². The summed E-state index contributed by atoms with van der Waals surface area (Å²) in [7, 11) is 1.98. The maximum absolute atomic E-state index is 4.61. The van der Waals surface area contributed by atoms with E-state index >= 15 is 0 Å². The number of nitrogens with one attached hydrogen (secondary N) is 1. The molecule has 0 aliphatic heterocycles. The first-order chi connectivity index (χ1) is 8.26. The molecule has 0 bridgehead atoms. The largest absolute Gasteiger partial charge is 0.354 e. The second kappa shape index (κ2) is 5.50. The van der Waals surface area contributed by atoms with Crippen molar-refractivity contribution in [3.63, 3.8) is 0 Å². The van der Waals surface area contributed by atoms with Crippen LogP contribution in [0.4, 0.5) is 5.82 Å². The number of rotatable bonds is 6. The smallest absolute Gasteiger partial charge is 0.128 e. The van der Waals surface area contributed by atoms with Crippen LogP contribution in [-0.2, 0) is 0 Å². The van der Waals surface area contributed by atoms with E-state index in [2.05, 4.69) is 41.2 Å². The van der Waals surface area contributed by atoms with Gasteiger partial charge in [-0.2, -0.15) is 0 Å². The lowest BCUT2D eigenvalue weighted by atomic mass is 10.1. The first kappa shape index (κ1) is 12.4. The summed E-state index contributed by atoms with van der Waals surface area (Å²) >= 11 is 0. The van der Waals surface area contributed by atoms with Crippen molar-refractivity contribution < 1.29 is 0 Å². The molecule has 2 rings (SSSR count). The Balaban J connectivity index is 2.09. The van der Waals surface area contributed by atoms with E-state index in [1.54, 1.807) is 0 Å². The van der Waals surface area contributed by atoms with Crippen LogP contribution in [0.3, 0.4) is 0 Å². The van der Waals surface area contributed by atoms with E-state index in [0.29, 0.717) is 6.04 Å². The summed E-state index contributed by atoms with van der Waals surface area (Å²) in [6.07, 6.45) is 5.85. The van der Waals surface area contributed by atoms with Gasteiger partial charge in [0.1, 0.15) is 5.82 Å². The number of aromatic nitrogens is 1. The Morgan fingerprint density at radius 3 is 2.71 bits per heavy atom. The van der Waals surface area contributed by atoms with Gasteiger partial charge < -0.3 is 10.2 Å². The molecule has 3 nitrogen and oxygen atoms in total. The van der Waals surface area contributed by atoms with Crippen molar-refractivity contribution in [2.75, 3.05) is 18.5 Å². The van der Waals surface area contributed by atoms with Crippen LogP contribution >= 0.6 is 0 Å². The minimum absolute atomic E-state index is 0.372. The third kappa shape index (κ3) is 2.97. The monoisotopic (exact) mass is 233 g/mol. The van der Waals surface area contributed by atoms with Crippen molar-refractivity contribution in [2.45, 2.75) is 45.2 Å². The summed E-state index contributed by atoms with van der Waals surface area (Å²) in [4.78, 5) is 7.07. The molecular weight excluding hydrogens is 210 g/mol. The van der Waals surface area contributed by atoms with Crippen LogP contribution in [0.5, 0.6) is 0 Å². The molecule has 1 aromatic heterocycles. The minimum Gasteiger partial charge on any atom is -0.354 e. The van der Waals surface area contributed by atoms with Crippen LogP contribution in [0.1, 0.15) is 44.7 Å². The van der Waals surface area contributed by atoms with Crippen molar-refractivity contribution in [1.82, 2.24) is 10.3 Å². The van der Waals surface area contributed by atoms with Gasteiger partial charge in [-0.25, -0.2) is 4.98 Å². The molecular formula is C14H23N3. The average Bonchev–Trinajstić information content (AvgIpc) is 3.19. The fourth-order valence-electron chi connectivity index (χ4n) is 2.10. The van der Waals surface area contributed by atoms with Gasteiger partial charge in [0.15, 0.2) is 0 Å². The van der Waals surface area contributed by atoms with Gasteiger partial charge in [0.25, 0.3) is 0 Å². The van der Waals surface area contributed by atoms with Crippen molar-refractivity contribution in [3.05, 3.63) is 23.9 Å². The van der Waals surface area contributed by atoms with E-state index in [1.807, 2.05) is 13.2 Å². The second-order valence-electron chi connectivity index (χ2n) is 4.88. The Morgan fingerprint density at radius 1 is 1.47 bits per heavy atom. The maximum Gasteiger partial charge on any atom is 0.128 e. The Bertz CT molecular complexity index is 343. The predicted octanol–water partition coefficient (Wildman–Crippen LogP) is 2.74. The zero-order valence-electron chi connectivity index (χ0n) is 11.1. The highest BCUT2D eigenvalue weighted by Gasteiger charge is 2.29. The zero-order valence-corrected chi connectivity index (χ0v) is 11.1. The lowest BCUT2D eigenvalue weighted by Gasteiger charge is -2.23. The number of nitrogens with zero attached hydrogens (tertiary/aromatic N) is 2. The number of pyridine rings is 1. The summed E-state index contributed by atoms with van der Waals surface area (Å²) in [6.45, 7) is 5.51. The maximum atomic E-state index is 4.61. The molecule has 1 aromatic rings. The van der Waals surface area contributed by atoms with Crippen LogP contribution in [-0.4, -0.2) is 24.6 Å². The highest BCUT2D eigenvalue weighted by Crippen LogP contribution is 2.30. The third-order valence-electron chi connectivity index (χ3n) is 3.45. The first-order valence-electron chi connectivity index (χ1n) is 6.66. The van der Waals surface area contributed by atoms with Gasteiger partial charge in [0.05, 0.1) is 0 Å². The van der Waals surface area contributed by atoms with Gasteiger partial charge in [-0.05, 0) is 44.9 Å². The minimum atomic E-state index is 0.372. The van der Waals surface area contributed by atoms with Gasteiger partial charge in [-0.1, -0.05) is 13.0 Å². The second-order valence-corrected chi connectivity index (χ2v) is 4.88. The van der Waals surface area contributed by atoms with Crippen LogP contribution in [0.2, 0.25) is 0 Å². The Kier molecular flexibility index (Phi) is 4.00. The van der Waals surface area contributed by atoms with E-state index in [1.165, 1.54) is 24.8 Å². The normalized spacial score (nSPS) is 16.9. The molecule has 1 aliphatic carbocycles. The molecule has 0 spiro atoms. The van der Waals surface area contributed by atoms with Gasteiger partial charge in [-0.3, -0.25) is 0 Å². The molecule has 1 atom stereocenters. The van der Waals surface area contributed by atoms with E-state index in [4.69, 9.17) is 0 Å². The average molecular weight is 233 g/mol. The van der Waals surface area contributed by atoms with Crippen LogP contribution < -0.4 is 10.2 Å². The van der Waals surface area contributed by atoms with E-state index < -0.39 is 0 Å². The lowest BCUT2D eigenvalue weighted by molar-refractivity contribution is 0.648. The van der Waals surface area contributed by atoms with Gasteiger partial charge in [0.2, 0.25) is 0 Å². The molecule has 94 valence electrons. The summed E-state index contributed by atoms with van der Waals surface area (Å²) in [5, 5.41) is 3.24. The van der Waals surface area contributed by atoms with Gasteiger partial charge in [0, 0.05) is 24.8 Å². The summed E-state index contributed by atoms with van der Waals surface area (Å²) < 4.78 is 0. The molecule has 1 unspecified atom stereocenters. The number of hydrogen-bond donors (Lipinski definition) is 1. The van der Waals surface area contributed by atoms with Crippen LogP contribution in [0, 0.1) is 0 Å². The zero-order chi connectivity index (χ0) is 12.3. The Morgan fingerprint density at radius 2 is 2.24 bits per heavy atom. The van der Waals surface area contributed by atoms with Crippen molar-refractivity contribution >= 4 is 5.82 Å². The van der Waals surface area contributed by atoms with Crippen molar-refractivity contribution in [2.24, 2.45) is 0 Å². The molecule has 1 aliphatic rings. The fraction of sp³-hybridized carbons (Fsp3) is 0.643. The molecule has 0 saturated heterocycles. The van der Waals surface area contributed by atoms with Gasteiger partial charge >= 0.3 is 0 Å². The van der Waals surface area contributed by atoms with Crippen molar-refractivity contribution in [1.29, 1.82) is 0 Å². The van der Waals surface area contributed by atoms with E-state index in [9.17, 15) is 0 Å². The third-order valence-corrected chi connectivity index (χ3v) is 3.45. The van der Waals surface area contributed by atoms with Crippen molar-refractivity contribution in [3.8, 4) is 0 Å². The van der Waals surface area contributed by atoms with Crippen LogP contribution in [0.15, 0.2) is 18.3 Å². The van der Waals surface area contributed by atoms with E-state index in [-0.39, 0.29) is 0 Å². The Hall–Kier alpha value is -1.09. The number of hydrogen-bond acceptors (Lipinski definition) is 3. The topological polar surface area (TPSA) is 28.2 Å². The SMILES string of the molecule is CCCN(c1ccc(C(C)NC)cn1)C1CC1. The molecule has 1 saturated carbocycles. The molecule has 0 aromatic carbocycles. The molecule has 0 radical (unpaired) electrons. The quantitative estimate of drug-likeness (QED) is 0.819. The standard InChI is InChI=1S/C14H23N3/c1-4-9-17(13-6-7-13)14-8-5-12(10-16-14)11(2)15-3/h5,8,10-11,13,15H,4,6-7,9H2,1-3H3. The lowest BCUT2D eigenvalue weighted by Crippen LogP contribution is -2.27. The molecule has 1 heterocycles. The Labute approximate surface area is 104 Å². The molecule has 1 N–H and O–H groups in total. The van der Waals surface area contributed by atoms with E-state index in [0.717, 1.165) is 18.4 Å². The fourth-order valence-corrected chi connectivity index (χ4v) is 2.10. The first-order valence-corrected chi connectivity index (χ1v) is 6.66. The number of anilines is 1. The molecule has 3 heteroatoms. The highest BCUT2D eigenvalue weighted by atomic mass is 15.2.